The maximum atomic E-state index is 4.31. The number of hydrogen-bond acceptors (Lipinski definition) is 2. The van der Waals surface area contributed by atoms with E-state index in [1.54, 1.807) is 5.56 Å². The van der Waals surface area contributed by atoms with Gasteiger partial charge in [-0.3, -0.25) is 0 Å². The smallest absolute Gasteiger partial charge is 0.0666 e. The number of nitrogens with zero attached hydrogens (tertiary/aromatic N) is 2. The average Bonchev–Trinajstić information content (AvgIpc) is 2.59. The zero-order valence-corrected chi connectivity index (χ0v) is 9.53. The molecule has 1 aromatic heterocycles. The summed E-state index contributed by atoms with van der Waals surface area (Å²) in [5, 5.41) is 8.48. The summed E-state index contributed by atoms with van der Waals surface area (Å²) >= 11 is 0. The van der Waals surface area contributed by atoms with Gasteiger partial charge in [0.2, 0.25) is 0 Å². The van der Waals surface area contributed by atoms with Gasteiger partial charge in [0.05, 0.1) is 11.9 Å². The molecule has 2 aliphatic rings. The van der Waals surface area contributed by atoms with Crippen LogP contribution in [0.4, 0.5) is 0 Å². The second-order valence-corrected chi connectivity index (χ2v) is 5.11. The molecule has 3 unspecified atom stereocenters. The minimum atomic E-state index is 0.782. The highest BCUT2D eigenvalue weighted by atomic mass is 15.1. The molecule has 0 spiro atoms. The van der Waals surface area contributed by atoms with Crippen LogP contribution in [0.3, 0.4) is 0 Å². The fourth-order valence-corrected chi connectivity index (χ4v) is 3.47. The Morgan fingerprint density at radius 2 is 2.27 bits per heavy atom. The van der Waals surface area contributed by atoms with Crippen LogP contribution in [0.2, 0.25) is 0 Å². The standard InChI is InChI=1S/C13H18N2/c1-3-12-13-10-6-9(5-4-8(10)2)11(13)7-14-15-12/h7-10H,3-6H2,1-2H3. The summed E-state index contributed by atoms with van der Waals surface area (Å²) in [4.78, 5) is 0. The second-order valence-electron chi connectivity index (χ2n) is 5.11. The van der Waals surface area contributed by atoms with Crippen LogP contribution in [0, 0.1) is 5.92 Å². The van der Waals surface area contributed by atoms with Crippen molar-refractivity contribution in [1.82, 2.24) is 10.2 Å². The molecular formula is C13H18N2. The summed E-state index contributed by atoms with van der Waals surface area (Å²) in [5.74, 6) is 2.42. The summed E-state index contributed by atoms with van der Waals surface area (Å²) in [6.07, 6.45) is 7.16. The lowest BCUT2D eigenvalue weighted by atomic mass is 9.79. The molecule has 1 aromatic rings. The summed E-state index contributed by atoms with van der Waals surface area (Å²) in [6.45, 7) is 4.59. The Morgan fingerprint density at radius 1 is 1.40 bits per heavy atom. The van der Waals surface area contributed by atoms with Crippen molar-refractivity contribution in [2.24, 2.45) is 5.92 Å². The van der Waals surface area contributed by atoms with E-state index in [4.69, 9.17) is 0 Å². The zero-order chi connectivity index (χ0) is 10.4. The number of aromatic nitrogens is 2. The molecule has 2 nitrogen and oxygen atoms in total. The van der Waals surface area contributed by atoms with Crippen molar-refractivity contribution in [2.75, 3.05) is 0 Å². The highest BCUT2D eigenvalue weighted by molar-refractivity contribution is 5.41. The molecular weight excluding hydrogens is 184 g/mol. The molecule has 3 atom stereocenters. The maximum Gasteiger partial charge on any atom is 0.0666 e. The minimum Gasteiger partial charge on any atom is -0.159 e. The third-order valence-electron chi connectivity index (χ3n) is 4.34. The fraction of sp³-hybridized carbons (Fsp3) is 0.692. The van der Waals surface area contributed by atoms with E-state index in [-0.39, 0.29) is 0 Å². The highest BCUT2D eigenvalue weighted by Gasteiger charge is 2.39. The van der Waals surface area contributed by atoms with Crippen LogP contribution < -0.4 is 0 Å². The predicted molar refractivity (Wildman–Crippen MR) is 59.9 cm³/mol. The van der Waals surface area contributed by atoms with E-state index in [2.05, 4.69) is 24.0 Å². The van der Waals surface area contributed by atoms with Crippen LogP contribution in [0.25, 0.3) is 0 Å². The normalized spacial score (nSPS) is 32.8. The van der Waals surface area contributed by atoms with Gasteiger partial charge >= 0.3 is 0 Å². The number of hydrogen-bond donors (Lipinski definition) is 0. The third-order valence-corrected chi connectivity index (χ3v) is 4.34. The largest absolute Gasteiger partial charge is 0.159 e. The van der Waals surface area contributed by atoms with Gasteiger partial charge < -0.3 is 0 Å². The van der Waals surface area contributed by atoms with E-state index >= 15 is 0 Å². The molecule has 1 fully saturated rings. The fourth-order valence-electron chi connectivity index (χ4n) is 3.47. The Hall–Kier alpha value is -0.920. The summed E-state index contributed by atoms with van der Waals surface area (Å²) < 4.78 is 0. The highest BCUT2D eigenvalue weighted by Crippen LogP contribution is 2.53. The molecule has 0 amide bonds. The second kappa shape index (κ2) is 3.29. The van der Waals surface area contributed by atoms with E-state index in [1.165, 1.54) is 30.5 Å². The molecule has 2 aliphatic carbocycles. The van der Waals surface area contributed by atoms with Gasteiger partial charge in [-0.05, 0) is 54.6 Å². The van der Waals surface area contributed by atoms with E-state index in [1.807, 2.05) is 6.20 Å². The zero-order valence-electron chi connectivity index (χ0n) is 9.53. The lowest BCUT2D eigenvalue weighted by Crippen LogP contribution is -2.13. The molecule has 2 bridgehead atoms. The SMILES string of the molecule is CCc1nncc2c1C1CC2CCC1C. The van der Waals surface area contributed by atoms with Gasteiger partial charge in [0.15, 0.2) is 0 Å². The Labute approximate surface area is 91.1 Å². The van der Waals surface area contributed by atoms with Crippen molar-refractivity contribution >= 4 is 0 Å². The minimum absolute atomic E-state index is 0.782. The lowest BCUT2D eigenvalue weighted by molar-refractivity contribution is 0.329. The van der Waals surface area contributed by atoms with Gasteiger partial charge in [-0.2, -0.15) is 10.2 Å². The molecule has 1 heterocycles. The first-order chi connectivity index (χ1) is 7.31. The van der Waals surface area contributed by atoms with Gasteiger partial charge in [0.25, 0.3) is 0 Å². The molecule has 3 rings (SSSR count). The van der Waals surface area contributed by atoms with Crippen molar-refractivity contribution < 1.29 is 0 Å². The number of fused-ring (bicyclic) bond motifs is 5. The molecule has 2 heteroatoms. The molecule has 0 aromatic carbocycles. The van der Waals surface area contributed by atoms with Crippen LogP contribution in [0.5, 0.6) is 0 Å². The van der Waals surface area contributed by atoms with Crippen LogP contribution in [-0.4, -0.2) is 10.2 Å². The van der Waals surface area contributed by atoms with Crippen LogP contribution in [0.15, 0.2) is 6.20 Å². The van der Waals surface area contributed by atoms with Crippen LogP contribution in [0.1, 0.15) is 61.8 Å². The first kappa shape index (κ1) is 9.32. The Bertz CT molecular complexity index is 386. The van der Waals surface area contributed by atoms with Crippen molar-refractivity contribution in [1.29, 1.82) is 0 Å². The van der Waals surface area contributed by atoms with Gasteiger partial charge in [0, 0.05) is 0 Å². The lowest BCUT2D eigenvalue weighted by Gasteiger charge is -2.26. The summed E-state index contributed by atoms with van der Waals surface area (Å²) in [5.41, 5.74) is 4.35. The molecule has 80 valence electrons. The summed E-state index contributed by atoms with van der Waals surface area (Å²) in [6, 6.07) is 0. The first-order valence-electron chi connectivity index (χ1n) is 6.15. The number of aryl methyl sites for hydroxylation is 1. The van der Waals surface area contributed by atoms with Crippen LogP contribution >= 0.6 is 0 Å². The Morgan fingerprint density at radius 3 is 3.07 bits per heavy atom. The van der Waals surface area contributed by atoms with Crippen molar-refractivity contribution in [3.63, 3.8) is 0 Å². The monoisotopic (exact) mass is 202 g/mol. The number of rotatable bonds is 1. The quantitative estimate of drug-likeness (QED) is 0.699. The average molecular weight is 202 g/mol. The van der Waals surface area contributed by atoms with E-state index < -0.39 is 0 Å². The maximum absolute atomic E-state index is 4.31. The van der Waals surface area contributed by atoms with Gasteiger partial charge in [-0.25, -0.2) is 0 Å². The Balaban J connectivity index is 2.15. The van der Waals surface area contributed by atoms with Gasteiger partial charge in [-0.1, -0.05) is 13.8 Å². The van der Waals surface area contributed by atoms with E-state index in [0.717, 1.165) is 24.2 Å². The van der Waals surface area contributed by atoms with E-state index in [9.17, 15) is 0 Å². The van der Waals surface area contributed by atoms with Crippen molar-refractivity contribution in [3.05, 3.63) is 23.0 Å². The van der Waals surface area contributed by atoms with Crippen molar-refractivity contribution in [2.45, 2.75) is 51.4 Å². The molecule has 1 saturated carbocycles. The molecule has 0 N–H and O–H groups in total. The molecule has 15 heavy (non-hydrogen) atoms. The predicted octanol–water partition coefficient (Wildman–Crippen LogP) is 3.04. The first-order valence-corrected chi connectivity index (χ1v) is 6.15. The van der Waals surface area contributed by atoms with Gasteiger partial charge in [0.1, 0.15) is 0 Å². The van der Waals surface area contributed by atoms with Gasteiger partial charge in [-0.15, -0.1) is 0 Å². The van der Waals surface area contributed by atoms with E-state index in [0.29, 0.717) is 0 Å². The van der Waals surface area contributed by atoms with Crippen LogP contribution in [-0.2, 0) is 6.42 Å². The molecule has 0 radical (unpaired) electrons. The van der Waals surface area contributed by atoms with Crippen molar-refractivity contribution in [3.8, 4) is 0 Å². The topological polar surface area (TPSA) is 25.8 Å². The Kier molecular flexibility index (Phi) is 2.04. The molecule has 0 saturated heterocycles. The summed E-state index contributed by atoms with van der Waals surface area (Å²) in [7, 11) is 0. The third kappa shape index (κ3) is 1.23. The molecule has 0 aliphatic heterocycles.